The summed E-state index contributed by atoms with van der Waals surface area (Å²) >= 11 is 1.13. The minimum Gasteiger partial charge on any atom is -0.478 e. The maximum Gasteiger partial charge on any atom is 0.329 e. The molecule has 140 valence electrons. The van der Waals surface area contributed by atoms with E-state index in [0.29, 0.717) is 11.7 Å². The first-order valence-electron chi connectivity index (χ1n) is 9.11. The number of hydrogen-bond donors (Lipinski definition) is 1. The van der Waals surface area contributed by atoms with Crippen LogP contribution in [0.15, 0.2) is 58.4 Å². The van der Waals surface area contributed by atoms with Gasteiger partial charge in [0.05, 0.1) is 10.6 Å². The van der Waals surface area contributed by atoms with E-state index in [1.165, 1.54) is 0 Å². The smallest absolute Gasteiger partial charge is 0.329 e. The van der Waals surface area contributed by atoms with Crippen molar-refractivity contribution >= 4 is 45.3 Å². The van der Waals surface area contributed by atoms with Crippen LogP contribution in [0.25, 0.3) is 10.8 Å². The fraction of sp³-hybridized carbons (Fsp3) is 0.286. The number of carbonyl (C=O) groups excluding carboxylic acids is 1. The number of unbranched alkanes of at least 4 members (excludes halogenated alkanes) is 3. The van der Waals surface area contributed by atoms with Gasteiger partial charge in [-0.2, -0.15) is 0 Å². The summed E-state index contributed by atoms with van der Waals surface area (Å²) in [6, 6.07) is 13.8. The van der Waals surface area contributed by atoms with Gasteiger partial charge in [0, 0.05) is 18.0 Å². The van der Waals surface area contributed by atoms with Gasteiger partial charge < -0.3 is 5.11 Å². The standard InChI is InChI=1S/C21H22N2O3S/c1-2-3-4-7-13-23-20(26)18(14-19(24)25)27-21(23)22-17-12-8-10-15-9-5-6-11-16(15)17/h5-6,8-12,14H,2-4,7,13H2,1H3,(H,24,25)/b18-14-,22-21+. The number of rotatable bonds is 7. The molecule has 0 radical (unpaired) electrons. The average molecular weight is 382 g/mol. The molecule has 1 aliphatic heterocycles. The number of carboxylic acid groups (broad SMARTS) is 1. The number of carbonyl (C=O) groups is 2. The van der Waals surface area contributed by atoms with Crippen molar-refractivity contribution < 1.29 is 14.7 Å². The zero-order valence-corrected chi connectivity index (χ0v) is 16.0. The number of carboxylic acids is 1. The number of hydrogen-bond acceptors (Lipinski definition) is 4. The lowest BCUT2D eigenvalue weighted by Gasteiger charge is -2.15. The Kier molecular flexibility index (Phi) is 6.29. The molecule has 1 heterocycles. The topological polar surface area (TPSA) is 70.0 Å². The first-order valence-corrected chi connectivity index (χ1v) is 9.92. The number of benzene rings is 2. The molecule has 0 spiro atoms. The van der Waals surface area contributed by atoms with E-state index in [1.807, 2.05) is 42.5 Å². The summed E-state index contributed by atoms with van der Waals surface area (Å²) in [5, 5.41) is 11.7. The molecule has 0 bridgehead atoms. The van der Waals surface area contributed by atoms with E-state index in [2.05, 4.69) is 6.92 Å². The summed E-state index contributed by atoms with van der Waals surface area (Å²) in [7, 11) is 0. The molecule has 0 saturated carbocycles. The van der Waals surface area contributed by atoms with Gasteiger partial charge >= 0.3 is 5.97 Å². The molecule has 5 nitrogen and oxygen atoms in total. The monoisotopic (exact) mass is 382 g/mol. The number of fused-ring (bicyclic) bond motifs is 1. The molecule has 0 unspecified atom stereocenters. The van der Waals surface area contributed by atoms with Gasteiger partial charge in [-0.3, -0.25) is 9.69 Å². The Labute approximate surface area is 162 Å². The van der Waals surface area contributed by atoms with Crippen LogP contribution >= 0.6 is 11.8 Å². The van der Waals surface area contributed by atoms with Crippen molar-refractivity contribution in [3.05, 3.63) is 53.4 Å². The second-order valence-corrected chi connectivity index (χ2v) is 7.37. The molecular formula is C21H22N2O3S. The van der Waals surface area contributed by atoms with Crippen LogP contribution in [0.1, 0.15) is 32.6 Å². The Morgan fingerprint density at radius 1 is 1.15 bits per heavy atom. The molecule has 6 heteroatoms. The van der Waals surface area contributed by atoms with Crippen LogP contribution in [0.4, 0.5) is 5.69 Å². The Balaban J connectivity index is 1.94. The number of nitrogens with zero attached hydrogens (tertiary/aromatic N) is 2. The van der Waals surface area contributed by atoms with Crippen LogP contribution in [-0.2, 0) is 9.59 Å². The lowest BCUT2D eigenvalue weighted by Crippen LogP contribution is -2.30. The van der Waals surface area contributed by atoms with Gasteiger partial charge in [0.2, 0.25) is 0 Å². The van der Waals surface area contributed by atoms with E-state index in [9.17, 15) is 9.59 Å². The number of aliphatic imine (C=N–C) groups is 1. The van der Waals surface area contributed by atoms with Crippen molar-refractivity contribution in [3.63, 3.8) is 0 Å². The van der Waals surface area contributed by atoms with Gasteiger partial charge in [-0.25, -0.2) is 9.79 Å². The zero-order valence-electron chi connectivity index (χ0n) is 15.2. The first-order chi connectivity index (χ1) is 13.1. The quantitative estimate of drug-likeness (QED) is 0.543. The lowest BCUT2D eigenvalue weighted by atomic mass is 10.1. The van der Waals surface area contributed by atoms with Crippen molar-refractivity contribution in [2.24, 2.45) is 4.99 Å². The fourth-order valence-corrected chi connectivity index (χ4v) is 3.99. The van der Waals surface area contributed by atoms with Crippen LogP contribution < -0.4 is 0 Å². The molecule has 3 rings (SSSR count). The molecule has 1 amide bonds. The molecular weight excluding hydrogens is 360 g/mol. The van der Waals surface area contributed by atoms with Crippen LogP contribution in [0, 0.1) is 0 Å². The second-order valence-electron chi connectivity index (χ2n) is 6.36. The minimum absolute atomic E-state index is 0.206. The normalized spacial score (nSPS) is 17.4. The van der Waals surface area contributed by atoms with Crippen molar-refractivity contribution in [3.8, 4) is 0 Å². The van der Waals surface area contributed by atoms with Crippen molar-refractivity contribution in [2.45, 2.75) is 32.6 Å². The van der Waals surface area contributed by atoms with Crippen molar-refractivity contribution in [1.29, 1.82) is 0 Å². The molecule has 27 heavy (non-hydrogen) atoms. The fourth-order valence-electron chi connectivity index (χ4n) is 3.01. The predicted octanol–water partition coefficient (Wildman–Crippen LogP) is 4.95. The largest absolute Gasteiger partial charge is 0.478 e. The van der Waals surface area contributed by atoms with Crippen LogP contribution in [0.3, 0.4) is 0 Å². The molecule has 2 aromatic carbocycles. The van der Waals surface area contributed by atoms with Gasteiger partial charge in [-0.1, -0.05) is 62.6 Å². The zero-order chi connectivity index (χ0) is 19.2. The van der Waals surface area contributed by atoms with E-state index >= 15 is 0 Å². The Bertz CT molecular complexity index is 915. The SMILES string of the molecule is CCCCCCN1C(=O)/C(=C/C(=O)O)S/C1=N/c1cccc2ccccc12. The molecule has 1 N–H and O–H groups in total. The summed E-state index contributed by atoms with van der Waals surface area (Å²) < 4.78 is 0. The van der Waals surface area contributed by atoms with Crippen molar-refractivity contribution in [2.75, 3.05) is 6.54 Å². The molecule has 1 aliphatic rings. The number of amidine groups is 1. The van der Waals surface area contributed by atoms with Gasteiger partial charge in [-0.15, -0.1) is 0 Å². The highest BCUT2D eigenvalue weighted by molar-refractivity contribution is 8.18. The van der Waals surface area contributed by atoms with E-state index in [1.54, 1.807) is 4.90 Å². The van der Waals surface area contributed by atoms with Crippen LogP contribution in [0.5, 0.6) is 0 Å². The highest BCUT2D eigenvalue weighted by Crippen LogP contribution is 2.35. The third-order valence-electron chi connectivity index (χ3n) is 4.36. The van der Waals surface area contributed by atoms with Crippen LogP contribution in [0.2, 0.25) is 0 Å². The lowest BCUT2D eigenvalue weighted by molar-refractivity contribution is -0.132. The van der Waals surface area contributed by atoms with E-state index < -0.39 is 5.97 Å². The number of thioether (sulfide) groups is 1. The molecule has 2 aromatic rings. The Hall–Kier alpha value is -2.60. The van der Waals surface area contributed by atoms with Gasteiger partial charge in [-0.05, 0) is 29.6 Å². The van der Waals surface area contributed by atoms with Gasteiger partial charge in [0.15, 0.2) is 5.17 Å². The number of amides is 1. The predicted molar refractivity (Wildman–Crippen MR) is 110 cm³/mol. The molecule has 1 saturated heterocycles. The van der Waals surface area contributed by atoms with Gasteiger partial charge in [0.25, 0.3) is 5.91 Å². The molecule has 0 aromatic heterocycles. The highest BCUT2D eigenvalue weighted by atomic mass is 32.2. The van der Waals surface area contributed by atoms with Crippen molar-refractivity contribution in [1.82, 2.24) is 4.90 Å². The summed E-state index contributed by atoms with van der Waals surface area (Å²) in [6.07, 6.45) is 5.10. The maximum absolute atomic E-state index is 12.7. The van der Waals surface area contributed by atoms with E-state index in [0.717, 1.165) is 60.0 Å². The minimum atomic E-state index is -1.12. The third-order valence-corrected chi connectivity index (χ3v) is 5.37. The Morgan fingerprint density at radius 2 is 1.93 bits per heavy atom. The third kappa shape index (κ3) is 4.57. The van der Waals surface area contributed by atoms with Gasteiger partial charge in [0.1, 0.15) is 0 Å². The summed E-state index contributed by atoms with van der Waals surface area (Å²) in [5.74, 6) is -1.40. The highest BCUT2D eigenvalue weighted by Gasteiger charge is 2.33. The molecule has 1 fully saturated rings. The summed E-state index contributed by atoms with van der Waals surface area (Å²) in [5.41, 5.74) is 0.776. The summed E-state index contributed by atoms with van der Waals surface area (Å²) in [4.78, 5) is 30.2. The second kappa shape index (κ2) is 8.86. The maximum atomic E-state index is 12.7. The van der Waals surface area contributed by atoms with E-state index in [4.69, 9.17) is 10.1 Å². The first kappa shape index (κ1) is 19.2. The summed E-state index contributed by atoms with van der Waals surface area (Å²) in [6.45, 7) is 2.68. The molecule has 0 aliphatic carbocycles. The number of aliphatic carboxylic acids is 1. The molecule has 0 atom stereocenters. The average Bonchev–Trinajstić information content (AvgIpc) is 2.93. The Morgan fingerprint density at radius 3 is 2.70 bits per heavy atom. The van der Waals surface area contributed by atoms with Crippen LogP contribution in [-0.4, -0.2) is 33.6 Å². The van der Waals surface area contributed by atoms with E-state index in [-0.39, 0.29) is 10.8 Å².